The number of nitrogen functional groups attached to an aromatic ring is 1. The summed E-state index contributed by atoms with van der Waals surface area (Å²) < 4.78 is 30.5. The molecule has 0 saturated heterocycles. The van der Waals surface area contributed by atoms with Crippen molar-refractivity contribution in [3.8, 4) is 0 Å². The summed E-state index contributed by atoms with van der Waals surface area (Å²) in [6.45, 7) is 6.92. The molecule has 184 valence electrons. The first-order valence-electron chi connectivity index (χ1n) is 10.4. The summed E-state index contributed by atoms with van der Waals surface area (Å²) in [5.41, 5.74) is 5.53. The average molecular weight is 487 g/mol. The maximum atomic E-state index is 13.5. The summed E-state index contributed by atoms with van der Waals surface area (Å²) in [5, 5.41) is 5.38. The number of esters is 2. The molecule has 0 bridgehead atoms. The van der Waals surface area contributed by atoms with Gasteiger partial charge in [-0.1, -0.05) is 0 Å². The molecule has 0 saturated carbocycles. The third-order valence-electron chi connectivity index (χ3n) is 4.33. The third kappa shape index (κ3) is 7.35. The maximum Gasteiger partial charge on any atom is 0.323 e. The van der Waals surface area contributed by atoms with Crippen LogP contribution in [0.25, 0.3) is 11.2 Å². The number of anilines is 1. The zero-order chi connectivity index (χ0) is 24.6. The van der Waals surface area contributed by atoms with Crippen LogP contribution in [0.3, 0.4) is 0 Å². The van der Waals surface area contributed by atoms with Crippen molar-refractivity contribution in [2.75, 3.05) is 31.9 Å². The fraction of sp³-hybridized carbons (Fsp3) is 0.611. The van der Waals surface area contributed by atoms with Crippen molar-refractivity contribution in [1.29, 1.82) is 0 Å². The zero-order valence-corrected chi connectivity index (χ0v) is 19.9. The summed E-state index contributed by atoms with van der Waals surface area (Å²) in [6, 6.07) is -1.84. The highest BCUT2D eigenvalue weighted by atomic mass is 31.2. The number of hydrogen-bond donors (Lipinski definition) is 4. The van der Waals surface area contributed by atoms with Gasteiger partial charge in [-0.2, -0.15) is 4.98 Å². The molecule has 33 heavy (non-hydrogen) atoms. The normalized spacial score (nSPS) is 13.6. The van der Waals surface area contributed by atoms with E-state index in [4.69, 9.17) is 19.9 Å². The first-order chi connectivity index (χ1) is 15.6. The van der Waals surface area contributed by atoms with Gasteiger partial charge in [0.2, 0.25) is 13.4 Å². The summed E-state index contributed by atoms with van der Waals surface area (Å²) in [6.07, 6.45) is 1.07. The summed E-state index contributed by atoms with van der Waals surface area (Å²) in [7, 11) is -3.60. The van der Waals surface area contributed by atoms with Gasteiger partial charge in [-0.25, -0.2) is 15.2 Å². The molecule has 5 N–H and O–H groups in total. The van der Waals surface area contributed by atoms with Gasteiger partial charge >= 0.3 is 11.9 Å². The molecule has 0 aromatic carbocycles. The van der Waals surface area contributed by atoms with Crippen LogP contribution in [0.1, 0.15) is 27.7 Å². The molecule has 0 fully saturated rings. The summed E-state index contributed by atoms with van der Waals surface area (Å²) in [5.74, 6) is -1.24. The van der Waals surface area contributed by atoms with E-state index in [1.807, 2.05) is 0 Å². The molecule has 0 spiro atoms. The van der Waals surface area contributed by atoms with E-state index in [1.165, 1.54) is 20.2 Å². The minimum atomic E-state index is -3.60. The number of nitrogens with one attached hydrogen (secondary N) is 3. The monoisotopic (exact) mass is 487 g/mol. The molecule has 2 atom stereocenters. The van der Waals surface area contributed by atoms with E-state index in [0.717, 1.165) is 0 Å². The Morgan fingerprint density at radius 1 is 1.18 bits per heavy atom. The molecule has 14 nitrogen and oxygen atoms in total. The Hall–Kier alpha value is -2.80. The number of fused-ring (bicyclic) bond motifs is 1. The van der Waals surface area contributed by atoms with E-state index in [-0.39, 0.29) is 49.8 Å². The number of carbonyl (C=O) groups excluding carboxylic acids is 2. The predicted molar refractivity (Wildman–Crippen MR) is 119 cm³/mol. The van der Waals surface area contributed by atoms with Gasteiger partial charge in [0.15, 0.2) is 11.2 Å². The van der Waals surface area contributed by atoms with Crippen molar-refractivity contribution < 1.29 is 28.4 Å². The number of hydrogen-bond acceptors (Lipinski definition) is 10. The van der Waals surface area contributed by atoms with Gasteiger partial charge in [-0.3, -0.25) is 23.9 Å². The van der Waals surface area contributed by atoms with Crippen LogP contribution in [0, 0.1) is 0 Å². The Morgan fingerprint density at radius 3 is 2.30 bits per heavy atom. The molecule has 0 unspecified atom stereocenters. The minimum absolute atomic E-state index is 0.0472. The van der Waals surface area contributed by atoms with Gasteiger partial charge in [0.05, 0.1) is 26.1 Å². The van der Waals surface area contributed by atoms with Gasteiger partial charge in [-0.05, 0) is 27.7 Å². The van der Waals surface area contributed by atoms with Crippen molar-refractivity contribution in [2.24, 2.45) is 0 Å². The van der Waals surface area contributed by atoms with Gasteiger partial charge in [0, 0.05) is 6.54 Å². The molecular formula is C18H30N7O7P. The van der Waals surface area contributed by atoms with Crippen LogP contribution in [0.4, 0.5) is 5.95 Å². The van der Waals surface area contributed by atoms with Crippen LogP contribution < -0.4 is 21.5 Å². The topological polar surface area (TPSA) is 193 Å². The smallest absolute Gasteiger partial charge is 0.323 e. The van der Waals surface area contributed by atoms with E-state index in [2.05, 4.69) is 25.1 Å². The molecule has 0 aliphatic carbocycles. The lowest BCUT2D eigenvalue weighted by atomic mass is 10.4. The summed E-state index contributed by atoms with van der Waals surface area (Å²) >= 11 is 0. The van der Waals surface area contributed by atoms with E-state index >= 15 is 0 Å². The number of aromatic amines is 1. The zero-order valence-electron chi connectivity index (χ0n) is 19.0. The molecule has 0 aliphatic heterocycles. The van der Waals surface area contributed by atoms with Crippen LogP contribution in [-0.2, 0) is 34.9 Å². The molecule has 0 amide bonds. The number of rotatable bonds is 13. The lowest BCUT2D eigenvalue weighted by Crippen LogP contribution is -2.42. The van der Waals surface area contributed by atoms with Gasteiger partial charge in [0.25, 0.3) is 5.56 Å². The van der Waals surface area contributed by atoms with Crippen LogP contribution in [0.5, 0.6) is 0 Å². The lowest BCUT2D eigenvalue weighted by Gasteiger charge is -2.26. The largest absolute Gasteiger partial charge is 0.465 e. The number of nitrogens with zero attached hydrogens (tertiary/aromatic N) is 3. The van der Waals surface area contributed by atoms with Crippen LogP contribution in [-0.4, -0.2) is 69.7 Å². The molecule has 2 heterocycles. The molecule has 2 rings (SSSR count). The van der Waals surface area contributed by atoms with Crippen molar-refractivity contribution in [2.45, 2.75) is 46.3 Å². The first-order valence-corrected chi connectivity index (χ1v) is 12.3. The van der Waals surface area contributed by atoms with Crippen molar-refractivity contribution in [3.63, 3.8) is 0 Å². The first kappa shape index (κ1) is 26.5. The number of carbonyl (C=O) groups is 2. The fourth-order valence-electron chi connectivity index (χ4n) is 2.87. The summed E-state index contributed by atoms with van der Waals surface area (Å²) in [4.78, 5) is 46.3. The standard InChI is InChI=1S/C18H30N7O7P/c1-5-31-16(27)11(3)23-33(29,24-12(4)17(28)32-6-2)10-30-8-7-25-9-20-13-14(25)21-18(19)22-15(13)26/h9,11-12H,5-8,10H2,1-4H3,(H2,23,24,29)(H3,19,21,22,26)/t11-,12-/m1/s1. The molecule has 2 aromatic rings. The van der Waals surface area contributed by atoms with Gasteiger partial charge in [-0.15, -0.1) is 0 Å². The van der Waals surface area contributed by atoms with Gasteiger partial charge in [0.1, 0.15) is 18.4 Å². The SMILES string of the molecule is CCOC(=O)[C@@H](C)NP(=O)(COCCn1cnc2c(=O)[nH]c(N)nc21)N[C@H](C)C(=O)OCC. The Balaban J connectivity index is 2.06. The highest BCUT2D eigenvalue weighted by molar-refractivity contribution is 7.59. The Morgan fingerprint density at radius 2 is 1.76 bits per heavy atom. The average Bonchev–Trinajstić information content (AvgIpc) is 3.14. The van der Waals surface area contributed by atoms with Gasteiger partial charge < -0.3 is 24.5 Å². The number of nitrogens with two attached hydrogens (primary N) is 1. The van der Waals surface area contributed by atoms with E-state index < -0.39 is 37.0 Å². The second-order valence-corrected chi connectivity index (χ2v) is 9.30. The number of ether oxygens (including phenoxy) is 3. The third-order valence-corrected chi connectivity index (χ3v) is 6.48. The molecule has 15 heteroatoms. The number of aromatic nitrogens is 4. The van der Waals surface area contributed by atoms with Crippen molar-refractivity contribution >= 4 is 36.5 Å². The predicted octanol–water partition coefficient (Wildman–Crippen LogP) is -0.0486. The van der Waals surface area contributed by atoms with E-state index in [1.54, 1.807) is 18.4 Å². The molecule has 2 aromatic heterocycles. The van der Waals surface area contributed by atoms with Crippen molar-refractivity contribution in [3.05, 3.63) is 16.7 Å². The highest BCUT2D eigenvalue weighted by Gasteiger charge is 2.32. The minimum Gasteiger partial charge on any atom is -0.465 e. The van der Waals surface area contributed by atoms with Crippen LogP contribution in [0.2, 0.25) is 0 Å². The van der Waals surface area contributed by atoms with Crippen LogP contribution >= 0.6 is 7.44 Å². The number of imidazole rings is 1. The molecule has 0 aliphatic rings. The second kappa shape index (κ2) is 11.9. The van der Waals surface area contributed by atoms with E-state index in [9.17, 15) is 18.9 Å². The Kier molecular flexibility index (Phi) is 9.53. The Labute approximate surface area is 190 Å². The highest BCUT2D eigenvalue weighted by Crippen LogP contribution is 2.37. The lowest BCUT2D eigenvalue weighted by molar-refractivity contribution is -0.145. The number of H-pyrrole nitrogens is 1. The van der Waals surface area contributed by atoms with Crippen LogP contribution in [0.15, 0.2) is 11.1 Å². The quantitative estimate of drug-likeness (QED) is 0.167. The van der Waals surface area contributed by atoms with E-state index in [0.29, 0.717) is 0 Å². The Bertz CT molecular complexity index is 1040. The fourth-order valence-corrected chi connectivity index (χ4v) is 4.94. The second-order valence-electron chi connectivity index (χ2n) is 7.04. The molecule has 0 radical (unpaired) electrons. The van der Waals surface area contributed by atoms with Crippen molar-refractivity contribution in [1.82, 2.24) is 29.7 Å². The maximum absolute atomic E-state index is 13.5. The molecular weight excluding hydrogens is 457 g/mol.